The van der Waals surface area contributed by atoms with Gasteiger partial charge < -0.3 is 0 Å². The van der Waals surface area contributed by atoms with Crippen LogP contribution in [0.3, 0.4) is 0 Å². The summed E-state index contributed by atoms with van der Waals surface area (Å²) in [6.07, 6.45) is 34.4. The predicted molar refractivity (Wildman–Crippen MR) is 150 cm³/mol. The standard InChI is InChI=1S/C33H56N2/c1-3-5-7-8-9-11-27-14-18-31(19-15-27)33-34-24-32(25-35-33)30-22-20-29(21-23-30)28-16-12-26(13-17-28)10-6-4-2/h24-31H,3-23H2,1-2H3. The number of aromatic nitrogens is 2. The van der Waals surface area contributed by atoms with Crippen LogP contribution in [0, 0.1) is 23.7 Å². The zero-order valence-corrected chi connectivity index (χ0v) is 23.4. The molecule has 3 aliphatic rings. The highest BCUT2D eigenvalue weighted by Crippen LogP contribution is 2.44. The smallest absolute Gasteiger partial charge is 0.131 e. The van der Waals surface area contributed by atoms with Gasteiger partial charge in [0.15, 0.2) is 0 Å². The van der Waals surface area contributed by atoms with Gasteiger partial charge in [-0.25, -0.2) is 9.97 Å². The van der Waals surface area contributed by atoms with Crippen molar-refractivity contribution >= 4 is 0 Å². The first-order chi connectivity index (χ1) is 17.3. The van der Waals surface area contributed by atoms with Gasteiger partial charge in [0.2, 0.25) is 0 Å². The first kappa shape index (κ1) is 27.1. The molecule has 1 aromatic rings. The lowest BCUT2D eigenvalue weighted by molar-refractivity contribution is 0.155. The molecule has 0 amide bonds. The van der Waals surface area contributed by atoms with E-state index in [1.165, 1.54) is 140 Å². The predicted octanol–water partition coefficient (Wildman–Crippen LogP) is 10.4. The summed E-state index contributed by atoms with van der Waals surface area (Å²) >= 11 is 0. The Morgan fingerprint density at radius 1 is 0.543 bits per heavy atom. The number of hydrogen-bond acceptors (Lipinski definition) is 2. The Bertz CT molecular complexity index is 674. The third kappa shape index (κ3) is 8.29. The maximum atomic E-state index is 4.93. The second kappa shape index (κ2) is 14.7. The number of nitrogens with zero attached hydrogens (tertiary/aromatic N) is 2. The molecule has 0 aliphatic heterocycles. The molecule has 35 heavy (non-hydrogen) atoms. The minimum atomic E-state index is 0.614. The Morgan fingerprint density at radius 2 is 1.03 bits per heavy atom. The Labute approximate surface area is 217 Å². The third-order valence-electron chi connectivity index (χ3n) is 10.4. The molecule has 3 aliphatic carbocycles. The lowest BCUT2D eigenvalue weighted by Gasteiger charge is -2.38. The van der Waals surface area contributed by atoms with E-state index in [4.69, 9.17) is 9.97 Å². The van der Waals surface area contributed by atoms with Gasteiger partial charge in [0.25, 0.3) is 0 Å². The van der Waals surface area contributed by atoms with Gasteiger partial charge in [-0.1, -0.05) is 84.5 Å². The fourth-order valence-electron chi connectivity index (χ4n) is 7.88. The monoisotopic (exact) mass is 480 g/mol. The third-order valence-corrected chi connectivity index (χ3v) is 10.4. The van der Waals surface area contributed by atoms with Crippen molar-refractivity contribution in [2.75, 3.05) is 0 Å². The minimum Gasteiger partial charge on any atom is -0.241 e. The van der Waals surface area contributed by atoms with Crippen molar-refractivity contribution in [3.63, 3.8) is 0 Å². The van der Waals surface area contributed by atoms with Crippen molar-refractivity contribution < 1.29 is 0 Å². The maximum absolute atomic E-state index is 4.93. The molecule has 198 valence electrons. The van der Waals surface area contributed by atoms with Crippen LogP contribution in [-0.4, -0.2) is 9.97 Å². The average Bonchev–Trinajstić information content (AvgIpc) is 2.93. The summed E-state index contributed by atoms with van der Waals surface area (Å²) in [7, 11) is 0. The average molecular weight is 481 g/mol. The molecule has 1 aromatic heterocycles. The lowest BCUT2D eigenvalue weighted by Crippen LogP contribution is -2.25. The maximum Gasteiger partial charge on any atom is 0.131 e. The van der Waals surface area contributed by atoms with E-state index >= 15 is 0 Å². The first-order valence-corrected chi connectivity index (χ1v) is 16.1. The van der Waals surface area contributed by atoms with E-state index in [0.29, 0.717) is 11.8 Å². The number of unbranched alkanes of at least 4 members (excludes halogenated alkanes) is 5. The molecular weight excluding hydrogens is 424 g/mol. The van der Waals surface area contributed by atoms with E-state index in [1.54, 1.807) is 0 Å². The minimum absolute atomic E-state index is 0.614. The van der Waals surface area contributed by atoms with Gasteiger partial charge in [-0.3, -0.25) is 0 Å². The lowest BCUT2D eigenvalue weighted by atomic mass is 9.68. The normalized spacial score (nSPS) is 31.9. The largest absolute Gasteiger partial charge is 0.241 e. The zero-order chi connectivity index (χ0) is 24.3. The quantitative estimate of drug-likeness (QED) is 0.278. The van der Waals surface area contributed by atoms with Crippen LogP contribution in [0.2, 0.25) is 0 Å². The Hall–Kier alpha value is -0.920. The molecule has 4 rings (SSSR count). The highest BCUT2D eigenvalue weighted by atomic mass is 14.9. The fourth-order valence-corrected chi connectivity index (χ4v) is 7.88. The van der Waals surface area contributed by atoms with Crippen LogP contribution in [-0.2, 0) is 0 Å². The molecule has 3 fully saturated rings. The number of hydrogen-bond donors (Lipinski definition) is 0. The Kier molecular flexibility index (Phi) is 11.4. The Balaban J connectivity index is 1.15. The SMILES string of the molecule is CCCCCCCC1CCC(c2ncc(C3CCC(C4CCC(CCCC)CC4)CC3)cn2)CC1. The van der Waals surface area contributed by atoms with E-state index in [1.807, 2.05) is 0 Å². The molecule has 2 nitrogen and oxygen atoms in total. The summed E-state index contributed by atoms with van der Waals surface area (Å²) in [5.74, 6) is 6.51. The summed E-state index contributed by atoms with van der Waals surface area (Å²) in [5.41, 5.74) is 1.43. The molecule has 0 unspecified atom stereocenters. The van der Waals surface area contributed by atoms with Gasteiger partial charge in [0.05, 0.1) is 0 Å². The van der Waals surface area contributed by atoms with E-state index in [2.05, 4.69) is 26.2 Å². The second-order valence-corrected chi connectivity index (χ2v) is 12.8. The van der Waals surface area contributed by atoms with Crippen LogP contribution in [0.15, 0.2) is 12.4 Å². The van der Waals surface area contributed by atoms with Gasteiger partial charge in [-0.15, -0.1) is 0 Å². The van der Waals surface area contributed by atoms with Crippen LogP contribution in [0.1, 0.15) is 172 Å². The summed E-state index contributed by atoms with van der Waals surface area (Å²) < 4.78 is 0. The highest BCUT2D eigenvalue weighted by Gasteiger charge is 2.31. The van der Waals surface area contributed by atoms with Crippen molar-refractivity contribution in [1.82, 2.24) is 9.97 Å². The van der Waals surface area contributed by atoms with E-state index in [-0.39, 0.29) is 0 Å². The highest BCUT2D eigenvalue weighted by molar-refractivity contribution is 5.14. The summed E-state index contributed by atoms with van der Waals surface area (Å²) in [4.78, 5) is 9.86. The topological polar surface area (TPSA) is 25.8 Å². The van der Waals surface area contributed by atoms with E-state index in [9.17, 15) is 0 Å². The molecule has 2 heteroatoms. The Morgan fingerprint density at radius 3 is 1.63 bits per heavy atom. The summed E-state index contributed by atoms with van der Waals surface area (Å²) in [6.45, 7) is 4.64. The molecule has 1 heterocycles. The van der Waals surface area contributed by atoms with Crippen molar-refractivity contribution in [2.45, 2.75) is 161 Å². The summed E-state index contributed by atoms with van der Waals surface area (Å²) in [5, 5.41) is 0. The molecule has 0 bridgehead atoms. The molecular formula is C33H56N2. The van der Waals surface area contributed by atoms with Crippen molar-refractivity contribution in [2.24, 2.45) is 23.7 Å². The number of rotatable bonds is 12. The fraction of sp³-hybridized carbons (Fsp3) is 0.879. The van der Waals surface area contributed by atoms with Gasteiger partial charge >= 0.3 is 0 Å². The molecule has 0 aromatic carbocycles. The van der Waals surface area contributed by atoms with Gasteiger partial charge in [0.1, 0.15) is 5.82 Å². The molecule has 3 saturated carbocycles. The van der Waals surface area contributed by atoms with Crippen LogP contribution in [0.4, 0.5) is 0 Å². The van der Waals surface area contributed by atoms with Gasteiger partial charge in [-0.2, -0.15) is 0 Å². The zero-order valence-electron chi connectivity index (χ0n) is 23.4. The van der Waals surface area contributed by atoms with E-state index in [0.717, 1.165) is 29.5 Å². The van der Waals surface area contributed by atoms with Crippen LogP contribution < -0.4 is 0 Å². The van der Waals surface area contributed by atoms with Crippen LogP contribution in [0.25, 0.3) is 0 Å². The molecule has 0 N–H and O–H groups in total. The van der Waals surface area contributed by atoms with Crippen LogP contribution in [0.5, 0.6) is 0 Å². The van der Waals surface area contributed by atoms with Gasteiger partial charge in [-0.05, 0) is 99.4 Å². The molecule has 0 atom stereocenters. The molecule has 0 radical (unpaired) electrons. The van der Waals surface area contributed by atoms with Gasteiger partial charge in [0, 0.05) is 18.3 Å². The van der Waals surface area contributed by atoms with Crippen molar-refractivity contribution in [3.8, 4) is 0 Å². The second-order valence-electron chi connectivity index (χ2n) is 12.8. The summed E-state index contributed by atoms with van der Waals surface area (Å²) in [6, 6.07) is 0. The molecule has 0 spiro atoms. The van der Waals surface area contributed by atoms with Crippen LogP contribution >= 0.6 is 0 Å². The molecule has 0 saturated heterocycles. The van der Waals surface area contributed by atoms with E-state index < -0.39 is 0 Å². The van der Waals surface area contributed by atoms with Crippen molar-refractivity contribution in [1.29, 1.82) is 0 Å². The van der Waals surface area contributed by atoms with Crippen molar-refractivity contribution in [3.05, 3.63) is 23.8 Å². The first-order valence-electron chi connectivity index (χ1n) is 16.1.